The van der Waals surface area contributed by atoms with E-state index in [1.165, 1.54) is 0 Å². The molecule has 9 heteroatoms. The maximum absolute atomic E-state index is 10.7. The van der Waals surface area contributed by atoms with Crippen LogP contribution in [0.15, 0.2) is 12.1 Å². The second-order valence-electron chi connectivity index (χ2n) is 2.88. The van der Waals surface area contributed by atoms with E-state index in [0.29, 0.717) is 0 Å². The van der Waals surface area contributed by atoms with Gasteiger partial charge >= 0.3 is 5.97 Å². The van der Waals surface area contributed by atoms with E-state index in [1.807, 2.05) is 0 Å². The predicted molar refractivity (Wildman–Crippen MR) is 56.1 cm³/mol. The first-order chi connectivity index (χ1) is 7.82. The molecule has 8 nitrogen and oxygen atoms in total. The molecule has 1 aromatic rings. The number of hydrogen-bond acceptors (Lipinski definition) is 6. The van der Waals surface area contributed by atoms with Crippen molar-refractivity contribution in [3.8, 4) is 5.75 Å². The van der Waals surface area contributed by atoms with Crippen molar-refractivity contribution >= 4 is 28.9 Å². The Morgan fingerprint density at radius 3 is 1.94 bits per heavy atom. The quantitative estimate of drug-likeness (QED) is 0.356. The molecule has 0 aliphatic rings. The Balaban J connectivity index is 3.41. The molecule has 0 bridgehead atoms. The van der Waals surface area contributed by atoms with Crippen LogP contribution in [0.25, 0.3) is 0 Å². The molecule has 17 heavy (non-hydrogen) atoms. The largest absolute Gasteiger partial charge is 0.426 e. The summed E-state index contributed by atoms with van der Waals surface area (Å²) in [6.45, 7) is 1.06. The summed E-state index contributed by atoms with van der Waals surface area (Å²) in [5.74, 6) is -1.06. The summed E-state index contributed by atoms with van der Waals surface area (Å²) in [7, 11) is 0. The number of carbonyl (C=O) groups excluding carboxylic acids is 1. The Morgan fingerprint density at radius 2 is 1.65 bits per heavy atom. The fourth-order valence-corrected chi connectivity index (χ4v) is 1.31. The lowest BCUT2D eigenvalue weighted by molar-refractivity contribution is -0.394. The highest BCUT2D eigenvalue weighted by Crippen LogP contribution is 2.37. The molecule has 0 saturated heterocycles. The molecule has 0 aliphatic carbocycles. The van der Waals surface area contributed by atoms with Crippen molar-refractivity contribution in [1.29, 1.82) is 0 Å². The van der Waals surface area contributed by atoms with Gasteiger partial charge in [0.15, 0.2) is 5.02 Å². The SMILES string of the molecule is CC(=O)Oc1cc([N+](=O)[O-])c(Cl)c([N+](=O)[O-])c1. The van der Waals surface area contributed by atoms with Crippen molar-refractivity contribution in [2.75, 3.05) is 0 Å². The summed E-state index contributed by atoms with van der Waals surface area (Å²) >= 11 is 5.48. The molecule has 0 N–H and O–H groups in total. The zero-order valence-electron chi connectivity index (χ0n) is 8.38. The van der Waals surface area contributed by atoms with Crippen molar-refractivity contribution < 1.29 is 19.4 Å². The number of rotatable bonds is 3. The van der Waals surface area contributed by atoms with Crippen LogP contribution < -0.4 is 4.74 Å². The molecule has 0 aromatic heterocycles. The highest BCUT2D eigenvalue weighted by Gasteiger charge is 2.26. The summed E-state index contributed by atoms with van der Waals surface area (Å²) in [5.41, 5.74) is -1.39. The summed E-state index contributed by atoms with van der Waals surface area (Å²) in [5, 5.41) is 20.6. The average molecular weight is 261 g/mol. The normalized spacial score (nSPS) is 9.76. The van der Waals surface area contributed by atoms with E-state index in [4.69, 9.17) is 11.6 Å². The maximum Gasteiger partial charge on any atom is 0.308 e. The topological polar surface area (TPSA) is 113 Å². The van der Waals surface area contributed by atoms with E-state index >= 15 is 0 Å². The Hall–Kier alpha value is -2.22. The first-order valence-electron chi connectivity index (χ1n) is 4.13. The van der Waals surface area contributed by atoms with Gasteiger partial charge in [0.25, 0.3) is 11.4 Å². The van der Waals surface area contributed by atoms with E-state index in [0.717, 1.165) is 19.1 Å². The van der Waals surface area contributed by atoms with Crippen LogP contribution in [0.1, 0.15) is 6.92 Å². The van der Waals surface area contributed by atoms with Gasteiger partial charge in [0.05, 0.1) is 22.0 Å². The fraction of sp³-hybridized carbons (Fsp3) is 0.125. The number of nitro groups is 2. The first kappa shape index (κ1) is 12.8. The van der Waals surface area contributed by atoms with Crippen molar-refractivity contribution in [2.45, 2.75) is 6.92 Å². The van der Waals surface area contributed by atoms with Gasteiger partial charge in [0, 0.05) is 6.92 Å². The van der Waals surface area contributed by atoms with Gasteiger partial charge in [0.2, 0.25) is 0 Å². The van der Waals surface area contributed by atoms with Gasteiger partial charge in [-0.25, -0.2) is 0 Å². The first-order valence-corrected chi connectivity index (χ1v) is 4.51. The minimum atomic E-state index is -0.900. The van der Waals surface area contributed by atoms with Gasteiger partial charge in [-0.1, -0.05) is 11.6 Å². The van der Waals surface area contributed by atoms with Gasteiger partial charge < -0.3 is 4.74 Å². The third kappa shape index (κ3) is 2.88. The van der Waals surface area contributed by atoms with Crippen LogP contribution in [-0.2, 0) is 4.79 Å². The predicted octanol–water partition coefficient (Wildman–Crippen LogP) is 2.08. The smallest absolute Gasteiger partial charge is 0.308 e. The maximum atomic E-state index is 10.7. The van der Waals surface area contributed by atoms with Crippen LogP contribution in [0.4, 0.5) is 11.4 Å². The highest BCUT2D eigenvalue weighted by atomic mass is 35.5. The molecule has 0 saturated carbocycles. The lowest BCUT2D eigenvalue weighted by Crippen LogP contribution is -2.03. The number of nitrogens with zero attached hydrogens (tertiary/aromatic N) is 2. The second-order valence-corrected chi connectivity index (χ2v) is 3.26. The molecular weight excluding hydrogens is 256 g/mol. The van der Waals surface area contributed by atoms with E-state index in [9.17, 15) is 25.0 Å². The van der Waals surface area contributed by atoms with Crippen LogP contribution in [0.3, 0.4) is 0 Å². The van der Waals surface area contributed by atoms with Gasteiger partial charge in [-0.15, -0.1) is 0 Å². The number of halogens is 1. The zero-order valence-corrected chi connectivity index (χ0v) is 9.13. The number of benzene rings is 1. The standard InChI is InChI=1S/C8H5ClN2O6/c1-4(12)17-5-2-6(10(13)14)8(9)7(3-5)11(15)16/h2-3H,1H3. The molecule has 0 radical (unpaired) electrons. The molecular formula is C8H5ClN2O6. The summed E-state index contributed by atoms with van der Waals surface area (Å²) in [6.07, 6.45) is 0. The molecule has 0 heterocycles. The average Bonchev–Trinajstić information content (AvgIpc) is 2.18. The van der Waals surface area contributed by atoms with Crippen LogP contribution in [0.2, 0.25) is 5.02 Å². The van der Waals surface area contributed by atoms with Crippen LogP contribution in [0, 0.1) is 20.2 Å². The number of nitro benzene ring substituents is 2. The van der Waals surface area contributed by atoms with Gasteiger partial charge in [-0.2, -0.15) is 0 Å². The number of ether oxygens (including phenoxy) is 1. The minimum absolute atomic E-state index is 0.305. The minimum Gasteiger partial charge on any atom is -0.426 e. The molecule has 90 valence electrons. The van der Waals surface area contributed by atoms with Crippen molar-refractivity contribution in [1.82, 2.24) is 0 Å². The van der Waals surface area contributed by atoms with Gasteiger partial charge in [-0.3, -0.25) is 25.0 Å². The van der Waals surface area contributed by atoms with Crippen LogP contribution in [0.5, 0.6) is 5.75 Å². The third-order valence-corrected chi connectivity index (χ3v) is 2.05. The Kier molecular flexibility index (Phi) is 3.59. The molecule has 0 unspecified atom stereocenters. The summed E-state index contributed by atoms with van der Waals surface area (Å²) < 4.78 is 4.54. The monoisotopic (exact) mass is 260 g/mol. The zero-order chi connectivity index (χ0) is 13.2. The van der Waals surface area contributed by atoms with Gasteiger partial charge in [-0.05, 0) is 0 Å². The van der Waals surface area contributed by atoms with Crippen LogP contribution >= 0.6 is 11.6 Å². The lowest BCUT2D eigenvalue weighted by Gasteiger charge is -2.02. The molecule has 0 aliphatic heterocycles. The number of esters is 1. The van der Waals surface area contributed by atoms with E-state index in [1.54, 1.807) is 0 Å². The van der Waals surface area contributed by atoms with Gasteiger partial charge in [0.1, 0.15) is 5.75 Å². The van der Waals surface area contributed by atoms with E-state index < -0.39 is 32.2 Å². The molecule has 1 aromatic carbocycles. The van der Waals surface area contributed by atoms with E-state index in [2.05, 4.69) is 4.74 Å². The molecule has 0 fully saturated rings. The van der Waals surface area contributed by atoms with Crippen molar-refractivity contribution in [3.05, 3.63) is 37.4 Å². The highest BCUT2D eigenvalue weighted by molar-refractivity contribution is 6.34. The summed E-state index contributed by atoms with van der Waals surface area (Å²) in [4.78, 5) is 30.0. The lowest BCUT2D eigenvalue weighted by atomic mass is 10.2. The Morgan fingerprint density at radius 1 is 1.24 bits per heavy atom. The third-order valence-electron chi connectivity index (χ3n) is 1.66. The number of hydrogen-bond donors (Lipinski definition) is 0. The van der Waals surface area contributed by atoms with Crippen LogP contribution in [-0.4, -0.2) is 15.8 Å². The summed E-state index contributed by atoms with van der Waals surface area (Å²) in [6, 6.07) is 1.69. The molecule has 0 amide bonds. The Bertz CT molecular complexity index is 480. The number of carbonyl (C=O) groups is 1. The van der Waals surface area contributed by atoms with Crippen molar-refractivity contribution in [2.24, 2.45) is 0 Å². The second kappa shape index (κ2) is 4.74. The van der Waals surface area contributed by atoms with Crippen molar-refractivity contribution in [3.63, 3.8) is 0 Å². The molecule has 0 atom stereocenters. The Labute approximate surface area is 99.0 Å². The molecule has 1 rings (SSSR count). The molecule has 0 spiro atoms. The fourth-order valence-electron chi connectivity index (χ4n) is 1.06. The van der Waals surface area contributed by atoms with E-state index in [-0.39, 0.29) is 5.75 Å².